The van der Waals surface area contributed by atoms with Gasteiger partial charge in [0.2, 0.25) is 0 Å². The SMILES string of the molecule is CC(=O)OC[C@H]1O[C@@H](OC[C@H]2O[C@H](O)[C@H](OCc3ccccc3)[C@@H](OCc3ccccc3)[C@@H]2OCc2ccccc2)[C@H](NC(=O)C(F)(F)F)[C@@H](OC(C)=O)[C@@H]1OC(C)=O. The van der Waals surface area contributed by atoms with Crippen molar-refractivity contribution in [1.82, 2.24) is 5.32 Å². The van der Waals surface area contributed by atoms with E-state index >= 15 is 0 Å². The molecule has 1 amide bonds. The maximum absolute atomic E-state index is 13.7. The number of alkyl halides is 3. The van der Waals surface area contributed by atoms with Crippen LogP contribution >= 0.6 is 0 Å². The third-order valence-electron chi connectivity index (χ3n) is 9.15. The monoisotopic (exact) mass is 833 g/mol. The Morgan fingerprint density at radius 2 is 1.05 bits per heavy atom. The van der Waals surface area contributed by atoms with Gasteiger partial charge in [-0.15, -0.1) is 0 Å². The topological polar surface area (TPSA) is 184 Å². The lowest BCUT2D eigenvalue weighted by atomic mass is 9.95. The summed E-state index contributed by atoms with van der Waals surface area (Å²) in [6.07, 6.45) is -18.6. The fourth-order valence-corrected chi connectivity index (χ4v) is 6.52. The van der Waals surface area contributed by atoms with Crippen molar-refractivity contribution in [3.63, 3.8) is 0 Å². The Balaban J connectivity index is 1.49. The molecule has 2 fully saturated rings. The molecule has 0 bridgehead atoms. The highest BCUT2D eigenvalue weighted by Gasteiger charge is 2.55. The van der Waals surface area contributed by atoms with E-state index in [2.05, 4.69) is 0 Å². The van der Waals surface area contributed by atoms with Crippen molar-refractivity contribution < 1.29 is 80.1 Å². The molecule has 0 aliphatic carbocycles. The van der Waals surface area contributed by atoms with E-state index in [1.165, 1.54) is 0 Å². The minimum atomic E-state index is -5.43. The van der Waals surface area contributed by atoms with Gasteiger partial charge in [0.25, 0.3) is 0 Å². The number of halogens is 3. The maximum Gasteiger partial charge on any atom is 0.471 e. The minimum absolute atomic E-state index is 0.00527. The van der Waals surface area contributed by atoms with E-state index in [9.17, 15) is 37.5 Å². The van der Waals surface area contributed by atoms with E-state index in [4.69, 9.17) is 42.6 Å². The van der Waals surface area contributed by atoms with Gasteiger partial charge in [0.1, 0.15) is 43.2 Å². The summed E-state index contributed by atoms with van der Waals surface area (Å²) in [5.74, 6) is -5.24. The van der Waals surface area contributed by atoms with Gasteiger partial charge in [-0.2, -0.15) is 13.2 Å². The molecule has 10 atom stereocenters. The standard InChI is InChI=1S/C41H46F3NO14/c1-24(46)51-22-31-34(56-25(2)47)35(57-26(3)48)32(45-40(50)41(42,43)44)39(59-31)55-23-30-33(52-19-27-13-7-4-8-14-27)36(53-20-28-15-9-5-10-16-28)37(38(49)58-30)54-21-29-17-11-6-12-18-29/h4-18,30-39,49H,19-23H2,1-3H3,(H,45,50)/t30-,31-,32-,33-,34-,35-,36+,37-,38+,39-/m1/s1. The molecule has 0 radical (unpaired) electrons. The molecule has 0 spiro atoms. The number of benzene rings is 3. The molecule has 2 aliphatic rings. The second-order valence-electron chi connectivity index (χ2n) is 13.7. The maximum atomic E-state index is 13.7. The number of hydrogen-bond acceptors (Lipinski definition) is 14. The highest BCUT2D eigenvalue weighted by Crippen LogP contribution is 2.33. The quantitative estimate of drug-likeness (QED) is 0.148. The number of nitrogens with one attached hydrogen (secondary N) is 1. The predicted octanol–water partition coefficient (Wildman–Crippen LogP) is 3.67. The lowest BCUT2D eigenvalue weighted by Gasteiger charge is -2.47. The zero-order valence-electron chi connectivity index (χ0n) is 32.4. The number of ether oxygens (including phenoxy) is 9. The highest BCUT2D eigenvalue weighted by atomic mass is 19.4. The van der Waals surface area contributed by atoms with Crippen molar-refractivity contribution in [2.24, 2.45) is 0 Å². The molecule has 59 heavy (non-hydrogen) atoms. The number of esters is 3. The van der Waals surface area contributed by atoms with Gasteiger partial charge in [-0.3, -0.25) is 19.2 Å². The van der Waals surface area contributed by atoms with Crippen LogP contribution in [0.15, 0.2) is 91.0 Å². The molecule has 2 aliphatic heterocycles. The molecular weight excluding hydrogens is 787 g/mol. The fourth-order valence-electron chi connectivity index (χ4n) is 6.52. The Bertz CT molecular complexity index is 1800. The number of hydrogen-bond donors (Lipinski definition) is 2. The molecule has 3 aromatic rings. The van der Waals surface area contributed by atoms with Crippen molar-refractivity contribution in [2.75, 3.05) is 13.2 Å². The summed E-state index contributed by atoms with van der Waals surface area (Å²) >= 11 is 0. The lowest BCUT2D eigenvalue weighted by Crippen LogP contribution is -2.68. The van der Waals surface area contributed by atoms with Gasteiger partial charge in [0.15, 0.2) is 24.8 Å². The average Bonchev–Trinajstić information content (AvgIpc) is 3.19. The summed E-state index contributed by atoms with van der Waals surface area (Å²) in [5.41, 5.74) is 2.32. The molecule has 5 rings (SSSR count). The Morgan fingerprint density at radius 1 is 0.593 bits per heavy atom. The Hall–Kier alpha value is -4.95. The van der Waals surface area contributed by atoms with E-state index in [1.807, 2.05) is 78.9 Å². The third kappa shape index (κ3) is 13.3. The molecule has 18 heteroatoms. The highest BCUT2D eigenvalue weighted by molar-refractivity contribution is 5.82. The van der Waals surface area contributed by atoms with E-state index in [0.717, 1.165) is 37.5 Å². The molecule has 2 N–H and O–H groups in total. The normalized spacial score (nSPS) is 27.0. The van der Waals surface area contributed by atoms with Crippen molar-refractivity contribution in [3.05, 3.63) is 108 Å². The molecular formula is C41H46F3NO14. The van der Waals surface area contributed by atoms with Gasteiger partial charge in [-0.1, -0.05) is 91.0 Å². The van der Waals surface area contributed by atoms with Crippen molar-refractivity contribution in [1.29, 1.82) is 0 Å². The van der Waals surface area contributed by atoms with Gasteiger partial charge in [0.05, 0.1) is 26.4 Å². The lowest BCUT2D eigenvalue weighted by molar-refractivity contribution is -0.330. The number of carbonyl (C=O) groups is 4. The zero-order chi connectivity index (χ0) is 42.5. The van der Waals surface area contributed by atoms with Gasteiger partial charge >= 0.3 is 30.0 Å². The predicted molar refractivity (Wildman–Crippen MR) is 196 cm³/mol. The second kappa shape index (κ2) is 21.3. The molecule has 3 aromatic carbocycles. The Kier molecular flexibility index (Phi) is 16.3. The summed E-state index contributed by atoms with van der Waals surface area (Å²) in [5, 5.41) is 13.2. The van der Waals surface area contributed by atoms with Crippen LogP contribution in [-0.2, 0) is 81.6 Å². The summed E-state index contributed by atoms with van der Waals surface area (Å²) in [4.78, 5) is 48.8. The number of amides is 1. The van der Waals surface area contributed by atoms with Gasteiger partial charge < -0.3 is 53.1 Å². The zero-order valence-corrected chi connectivity index (χ0v) is 32.4. The number of aliphatic hydroxyl groups is 1. The fraction of sp³-hybridized carbons (Fsp3) is 0.463. The Morgan fingerprint density at radius 3 is 1.53 bits per heavy atom. The largest absolute Gasteiger partial charge is 0.471 e. The van der Waals surface area contributed by atoms with Gasteiger partial charge in [0, 0.05) is 20.8 Å². The molecule has 2 saturated heterocycles. The van der Waals surface area contributed by atoms with Crippen LogP contribution in [0.5, 0.6) is 0 Å². The molecule has 15 nitrogen and oxygen atoms in total. The van der Waals surface area contributed by atoms with Crippen LogP contribution in [0.2, 0.25) is 0 Å². The van der Waals surface area contributed by atoms with Crippen molar-refractivity contribution in [3.8, 4) is 0 Å². The van der Waals surface area contributed by atoms with Crippen LogP contribution in [0.25, 0.3) is 0 Å². The minimum Gasteiger partial charge on any atom is -0.463 e. The number of carbonyl (C=O) groups excluding carboxylic acids is 4. The van der Waals surface area contributed by atoms with E-state index < -0.39 is 105 Å². The molecule has 0 aromatic heterocycles. The average molecular weight is 834 g/mol. The van der Waals surface area contributed by atoms with E-state index in [1.54, 1.807) is 17.4 Å². The molecule has 0 unspecified atom stereocenters. The van der Waals surface area contributed by atoms with E-state index in [0.29, 0.717) is 0 Å². The van der Waals surface area contributed by atoms with Crippen LogP contribution in [0.1, 0.15) is 37.5 Å². The first-order valence-electron chi connectivity index (χ1n) is 18.6. The van der Waals surface area contributed by atoms with Crippen molar-refractivity contribution in [2.45, 2.75) is 108 Å². The van der Waals surface area contributed by atoms with E-state index in [-0.39, 0.29) is 19.8 Å². The third-order valence-corrected chi connectivity index (χ3v) is 9.15. The summed E-state index contributed by atoms with van der Waals surface area (Å²) in [6.45, 7) is 1.84. The van der Waals surface area contributed by atoms with Crippen LogP contribution in [0.4, 0.5) is 13.2 Å². The van der Waals surface area contributed by atoms with Gasteiger partial charge in [-0.25, -0.2) is 0 Å². The number of rotatable bonds is 17. The van der Waals surface area contributed by atoms with Gasteiger partial charge in [-0.05, 0) is 16.7 Å². The second-order valence-corrected chi connectivity index (χ2v) is 13.7. The molecule has 2 heterocycles. The van der Waals surface area contributed by atoms with Crippen LogP contribution in [-0.4, -0.2) is 110 Å². The molecule has 0 saturated carbocycles. The van der Waals surface area contributed by atoms with Crippen LogP contribution in [0, 0.1) is 0 Å². The Labute approximate surface area is 337 Å². The summed E-state index contributed by atoms with van der Waals surface area (Å²) in [7, 11) is 0. The number of aliphatic hydroxyl groups excluding tert-OH is 1. The van der Waals surface area contributed by atoms with Crippen molar-refractivity contribution >= 4 is 23.8 Å². The van der Waals surface area contributed by atoms with Crippen LogP contribution in [0.3, 0.4) is 0 Å². The summed E-state index contributed by atoms with van der Waals surface area (Å²) < 4.78 is 94.1. The first kappa shape index (κ1) is 45.1. The first-order valence-corrected chi connectivity index (χ1v) is 18.6. The molecule has 320 valence electrons. The smallest absolute Gasteiger partial charge is 0.463 e. The summed E-state index contributed by atoms with van der Waals surface area (Å²) in [6, 6.07) is 25.4. The van der Waals surface area contributed by atoms with Crippen LogP contribution < -0.4 is 5.32 Å². The first-order chi connectivity index (χ1) is 28.2.